The molecule has 0 aromatic heterocycles. The zero-order valence-electron chi connectivity index (χ0n) is 6.40. The minimum Gasteiger partial charge on any atom is -0.495 e. The zero-order valence-corrected chi connectivity index (χ0v) is 10.1. The van der Waals surface area contributed by atoms with Crippen LogP contribution in [0.2, 0.25) is 5.02 Å². The van der Waals surface area contributed by atoms with Gasteiger partial charge < -0.3 is 4.74 Å². The molecule has 0 bridgehead atoms. The average molecular weight is 317 g/mol. The van der Waals surface area contributed by atoms with E-state index in [1.54, 1.807) is 7.11 Å². The third kappa shape index (κ3) is 2.18. The Morgan fingerprint density at radius 3 is 2.67 bits per heavy atom. The van der Waals surface area contributed by atoms with Gasteiger partial charge in [-0.2, -0.15) is 0 Å². The van der Waals surface area contributed by atoms with Gasteiger partial charge in [0, 0.05) is 10.6 Å². The molecule has 1 aromatic carbocycles. The van der Waals surface area contributed by atoms with Gasteiger partial charge in [-0.15, -0.1) is 11.6 Å². The first-order chi connectivity index (χ1) is 5.69. The van der Waals surface area contributed by atoms with Crippen LogP contribution < -0.4 is 4.74 Å². The highest BCUT2D eigenvalue weighted by molar-refractivity contribution is 14.1. The Balaban J connectivity index is 3.24. The van der Waals surface area contributed by atoms with Crippen LogP contribution in [0.25, 0.3) is 0 Å². The van der Waals surface area contributed by atoms with Crippen LogP contribution in [0.15, 0.2) is 12.1 Å². The number of benzene rings is 1. The standard InChI is InChI=1S/C8H7Cl2IO/c1-12-8-5(4-9)2-6(10)3-7(8)11/h2-3H,4H2,1H3. The summed E-state index contributed by atoms with van der Waals surface area (Å²) in [6.07, 6.45) is 0. The minimum absolute atomic E-state index is 0.416. The van der Waals surface area contributed by atoms with Crippen LogP contribution in [0.4, 0.5) is 0 Å². The maximum atomic E-state index is 5.84. The summed E-state index contributed by atoms with van der Waals surface area (Å²) in [6, 6.07) is 3.66. The predicted molar refractivity (Wildman–Crippen MR) is 60.3 cm³/mol. The molecule has 0 heterocycles. The molecule has 0 amide bonds. The van der Waals surface area contributed by atoms with E-state index in [2.05, 4.69) is 22.6 Å². The van der Waals surface area contributed by atoms with Crippen molar-refractivity contribution in [2.75, 3.05) is 7.11 Å². The van der Waals surface area contributed by atoms with Gasteiger partial charge in [-0.05, 0) is 34.7 Å². The van der Waals surface area contributed by atoms with Crippen LogP contribution in [-0.4, -0.2) is 7.11 Å². The Hall–Kier alpha value is 0.330. The molecule has 0 aliphatic carbocycles. The van der Waals surface area contributed by atoms with E-state index in [0.717, 1.165) is 14.9 Å². The lowest BCUT2D eigenvalue weighted by atomic mass is 10.2. The third-order valence-electron chi connectivity index (χ3n) is 1.43. The van der Waals surface area contributed by atoms with E-state index in [9.17, 15) is 0 Å². The van der Waals surface area contributed by atoms with E-state index in [-0.39, 0.29) is 0 Å². The molecule has 1 rings (SSSR count). The summed E-state index contributed by atoms with van der Waals surface area (Å²) in [4.78, 5) is 0. The lowest BCUT2D eigenvalue weighted by molar-refractivity contribution is 0.408. The number of methoxy groups -OCH3 is 1. The van der Waals surface area contributed by atoms with Crippen molar-refractivity contribution in [3.05, 3.63) is 26.3 Å². The van der Waals surface area contributed by atoms with Gasteiger partial charge in [0.1, 0.15) is 5.75 Å². The van der Waals surface area contributed by atoms with Crippen LogP contribution in [0.5, 0.6) is 5.75 Å². The molecule has 0 aliphatic rings. The first kappa shape index (κ1) is 10.4. The van der Waals surface area contributed by atoms with Crippen molar-refractivity contribution in [2.24, 2.45) is 0 Å². The molecule has 0 saturated heterocycles. The third-order valence-corrected chi connectivity index (χ3v) is 2.74. The lowest BCUT2D eigenvalue weighted by Crippen LogP contribution is -1.92. The normalized spacial score (nSPS) is 10.0. The first-order valence-corrected chi connectivity index (χ1v) is 5.26. The highest BCUT2D eigenvalue weighted by Crippen LogP contribution is 2.30. The fraction of sp³-hybridized carbons (Fsp3) is 0.250. The topological polar surface area (TPSA) is 9.23 Å². The van der Waals surface area contributed by atoms with Gasteiger partial charge in [0.15, 0.2) is 0 Å². The monoisotopic (exact) mass is 316 g/mol. The van der Waals surface area contributed by atoms with Crippen molar-refractivity contribution < 1.29 is 4.74 Å². The number of ether oxygens (including phenoxy) is 1. The summed E-state index contributed by atoms with van der Waals surface area (Å²) in [5.41, 5.74) is 0.927. The summed E-state index contributed by atoms with van der Waals surface area (Å²) < 4.78 is 6.16. The van der Waals surface area contributed by atoms with Crippen molar-refractivity contribution in [2.45, 2.75) is 5.88 Å². The van der Waals surface area contributed by atoms with Crippen LogP contribution in [0.3, 0.4) is 0 Å². The van der Waals surface area contributed by atoms with Gasteiger partial charge in [0.2, 0.25) is 0 Å². The Morgan fingerprint density at radius 2 is 2.17 bits per heavy atom. The number of hydrogen-bond donors (Lipinski definition) is 0. The largest absolute Gasteiger partial charge is 0.495 e. The second-order valence-corrected chi connectivity index (χ2v) is 4.08. The second-order valence-electron chi connectivity index (χ2n) is 2.21. The molecule has 0 unspecified atom stereocenters. The second kappa shape index (κ2) is 4.53. The summed E-state index contributed by atoms with van der Waals surface area (Å²) in [5, 5.41) is 0.691. The summed E-state index contributed by atoms with van der Waals surface area (Å²) in [6.45, 7) is 0. The molecule has 0 atom stereocenters. The molecule has 0 radical (unpaired) electrons. The lowest BCUT2D eigenvalue weighted by Gasteiger charge is -2.08. The first-order valence-electron chi connectivity index (χ1n) is 3.27. The molecule has 12 heavy (non-hydrogen) atoms. The van der Waals surface area contributed by atoms with Crippen LogP contribution >= 0.6 is 45.8 Å². The fourth-order valence-corrected chi connectivity index (χ4v) is 2.47. The molecule has 0 fully saturated rings. The van der Waals surface area contributed by atoms with Gasteiger partial charge >= 0.3 is 0 Å². The Bertz CT molecular complexity index is 289. The number of hydrogen-bond acceptors (Lipinski definition) is 1. The highest BCUT2D eigenvalue weighted by atomic mass is 127. The molecule has 0 spiro atoms. The molecule has 1 aromatic rings. The van der Waals surface area contributed by atoms with E-state index in [0.29, 0.717) is 10.9 Å². The maximum absolute atomic E-state index is 5.84. The fourth-order valence-electron chi connectivity index (χ4n) is 0.942. The molecule has 0 N–H and O–H groups in total. The zero-order chi connectivity index (χ0) is 9.14. The molecular weight excluding hydrogens is 310 g/mol. The maximum Gasteiger partial charge on any atom is 0.136 e. The highest BCUT2D eigenvalue weighted by Gasteiger charge is 2.07. The Labute approximate surface area is 95.1 Å². The summed E-state index contributed by atoms with van der Waals surface area (Å²) in [5.74, 6) is 1.23. The summed E-state index contributed by atoms with van der Waals surface area (Å²) in [7, 11) is 1.63. The van der Waals surface area contributed by atoms with Crippen molar-refractivity contribution in [3.63, 3.8) is 0 Å². The minimum atomic E-state index is 0.416. The van der Waals surface area contributed by atoms with Crippen molar-refractivity contribution >= 4 is 45.8 Å². The van der Waals surface area contributed by atoms with Crippen molar-refractivity contribution in [1.29, 1.82) is 0 Å². The quantitative estimate of drug-likeness (QED) is 0.597. The van der Waals surface area contributed by atoms with E-state index >= 15 is 0 Å². The smallest absolute Gasteiger partial charge is 0.136 e. The Morgan fingerprint density at radius 1 is 1.50 bits per heavy atom. The van der Waals surface area contributed by atoms with Crippen LogP contribution in [-0.2, 0) is 5.88 Å². The van der Waals surface area contributed by atoms with E-state index in [1.807, 2.05) is 12.1 Å². The molecule has 1 nitrogen and oxygen atoms in total. The van der Waals surface area contributed by atoms with E-state index < -0.39 is 0 Å². The molecular formula is C8H7Cl2IO. The predicted octanol–water partition coefficient (Wildman–Crippen LogP) is 3.69. The van der Waals surface area contributed by atoms with Gasteiger partial charge in [-0.25, -0.2) is 0 Å². The van der Waals surface area contributed by atoms with Crippen LogP contribution in [0, 0.1) is 3.57 Å². The average Bonchev–Trinajstić information content (AvgIpc) is 2.03. The van der Waals surface area contributed by atoms with E-state index in [1.165, 1.54) is 0 Å². The van der Waals surface area contributed by atoms with Gasteiger partial charge in [-0.3, -0.25) is 0 Å². The van der Waals surface area contributed by atoms with Gasteiger partial charge in [0.05, 0.1) is 16.6 Å². The van der Waals surface area contributed by atoms with Gasteiger partial charge in [0.25, 0.3) is 0 Å². The molecule has 0 aliphatic heterocycles. The van der Waals surface area contributed by atoms with Gasteiger partial charge in [-0.1, -0.05) is 11.6 Å². The molecule has 0 saturated carbocycles. The van der Waals surface area contributed by atoms with E-state index in [4.69, 9.17) is 27.9 Å². The van der Waals surface area contributed by atoms with Crippen LogP contribution in [0.1, 0.15) is 5.56 Å². The number of halogens is 3. The number of alkyl halides is 1. The number of rotatable bonds is 2. The molecule has 66 valence electrons. The van der Waals surface area contributed by atoms with Crippen molar-refractivity contribution in [1.82, 2.24) is 0 Å². The Kier molecular flexibility index (Phi) is 3.93. The molecule has 4 heteroatoms. The SMILES string of the molecule is COc1c(I)cc(Cl)cc1CCl. The van der Waals surface area contributed by atoms with Crippen molar-refractivity contribution in [3.8, 4) is 5.75 Å². The summed E-state index contributed by atoms with van der Waals surface area (Å²) >= 11 is 13.7.